The second-order valence-corrected chi connectivity index (χ2v) is 10.5. The van der Waals surface area contributed by atoms with Crippen LogP contribution in [-0.4, -0.2) is 54.3 Å². The average Bonchev–Trinajstić information content (AvgIpc) is 3.13. The Morgan fingerprint density at radius 1 is 1.29 bits per heavy atom. The predicted molar refractivity (Wildman–Crippen MR) is 115 cm³/mol. The molecule has 2 saturated heterocycles. The van der Waals surface area contributed by atoms with Crippen molar-refractivity contribution >= 4 is 50.1 Å². The van der Waals surface area contributed by atoms with Gasteiger partial charge in [0.1, 0.15) is 4.32 Å². The number of amides is 1. The molecule has 6 nitrogen and oxygen atoms in total. The fourth-order valence-corrected chi connectivity index (χ4v) is 6.24. The summed E-state index contributed by atoms with van der Waals surface area (Å²) in [6.45, 7) is 5.04. The summed E-state index contributed by atoms with van der Waals surface area (Å²) in [4.78, 5) is 14.8. The molecular weight excluding hydrogens is 418 g/mol. The van der Waals surface area contributed by atoms with Gasteiger partial charge in [-0.15, -0.1) is 0 Å². The first-order valence-corrected chi connectivity index (χ1v) is 12.3. The van der Waals surface area contributed by atoms with Gasteiger partial charge in [-0.05, 0) is 43.5 Å². The molecule has 0 N–H and O–H groups in total. The molecule has 2 aliphatic rings. The minimum Gasteiger partial charge on any atom is -0.490 e. The monoisotopic (exact) mass is 441 g/mol. The highest BCUT2D eigenvalue weighted by atomic mass is 32.2. The largest absolute Gasteiger partial charge is 0.490 e. The second-order valence-electron chi connectivity index (χ2n) is 6.60. The van der Waals surface area contributed by atoms with E-state index in [0.29, 0.717) is 40.4 Å². The smallest absolute Gasteiger partial charge is 0.266 e. The number of hydrogen-bond acceptors (Lipinski definition) is 7. The van der Waals surface area contributed by atoms with Crippen LogP contribution in [0.1, 0.15) is 32.3 Å². The van der Waals surface area contributed by atoms with Crippen LogP contribution in [0.15, 0.2) is 23.1 Å². The number of sulfone groups is 1. The van der Waals surface area contributed by atoms with Gasteiger partial charge in [-0.25, -0.2) is 8.42 Å². The molecule has 0 aromatic heterocycles. The predicted octanol–water partition coefficient (Wildman–Crippen LogP) is 3.26. The lowest BCUT2D eigenvalue weighted by Crippen LogP contribution is -2.39. The summed E-state index contributed by atoms with van der Waals surface area (Å²) >= 11 is 6.55. The third kappa shape index (κ3) is 4.69. The Balaban J connectivity index is 1.82. The van der Waals surface area contributed by atoms with Crippen molar-refractivity contribution in [3.63, 3.8) is 0 Å². The molecule has 0 radical (unpaired) electrons. The third-order valence-electron chi connectivity index (χ3n) is 4.42. The highest BCUT2D eigenvalue weighted by Crippen LogP contribution is 2.37. The average molecular weight is 442 g/mol. The lowest BCUT2D eigenvalue weighted by atomic mass is 10.1. The molecule has 1 amide bonds. The molecule has 2 aliphatic heterocycles. The summed E-state index contributed by atoms with van der Waals surface area (Å²) in [5.74, 6) is 1.14. The summed E-state index contributed by atoms with van der Waals surface area (Å²) in [5.41, 5.74) is 0.798. The Morgan fingerprint density at radius 3 is 2.71 bits per heavy atom. The Labute approximate surface area is 175 Å². The summed E-state index contributed by atoms with van der Waals surface area (Å²) < 4.78 is 35.3. The first-order valence-electron chi connectivity index (χ1n) is 9.21. The van der Waals surface area contributed by atoms with Crippen LogP contribution in [0.3, 0.4) is 0 Å². The Bertz CT molecular complexity index is 910. The fourth-order valence-electron chi connectivity index (χ4n) is 3.14. The Kier molecular flexibility index (Phi) is 6.67. The molecule has 152 valence electrons. The minimum absolute atomic E-state index is 0.0231. The highest BCUT2D eigenvalue weighted by Gasteiger charge is 2.42. The van der Waals surface area contributed by atoms with Gasteiger partial charge < -0.3 is 9.47 Å². The summed E-state index contributed by atoms with van der Waals surface area (Å²) in [6.07, 6.45) is 3.08. The van der Waals surface area contributed by atoms with Gasteiger partial charge in [-0.2, -0.15) is 0 Å². The van der Waals surface area contributed by atoms with Crippen LogP contribution in [0.4, 0.5) is 0 Å². The van der Waals surface area contributed by atoms with Crippen molar-refractivity contribution in [1.29, 1.82) is 0 Å². The first kappa shape index (κ1) is 21.1. The maximum absolute atomic E-state index is 12.8. The van der Waals surface area contributed by atoms with E-state index in [1.54, 1.807) is 6.08 Å². The number of benzene rings is 1. The van der Waals surface area contributed by atoms with Crippen LogP contribution in [0.5, 0.6) is 11.5 Å². The molecule has 1 atom stereocenters. The van der Waals surface area contributed by atoms with Gasteiger partial charge in [0, 0.05) is 0 Å². The molecule has 2 heterocycles. The molecule has 2 fully saturated rings. The third-order valence-corrected chi connectivity index (χ3v) is 7.50. The van der Waals surface area contributed by atoms with E-state index in [0.717, 1.165) is 12.0 Å². The molecule has 0 aliphatic carbocycles. The minimum atomic E-state index is -3.09. The van der Waals surface area contributed by atoms with Gasteiger partial charge in [0.05, 0.1) is 35.7 Å². The molecule has 1 aromatic rings. The van der Waals surface area contributed by atoms with Gasteiger partial charge in [0.15, 0.2) is 21.3 Å². The molecule has 0 unspecified atom stereocenters. The maximum atomic E-state index is 12.8. The van der Waals surface area contributed by atoms with E-state index in [1.807, 2.05) is 32.0 Å². The molecule has 28 heavy (non-hydrogen) atoms. The van der Waals surface area contributed by atoms with Crippen molar-refractivity contribution in [2.24, 2.45) is 0 Å². The van der Waals surface area contributed by atoms with E-state index in [4.69, 9.17) is 21.7 Å². The quantitative estimate of drug-likeness (QED) is 0.475. The van der Waals surface area contributed by atoms with E-state index in [1.165, 1.54) is 16.7 Å². The maximum Gasteiger partial charge on any atom is 0.266 e. The fraction of sp³-hybridized carbons (Fsp3) is 0.474. The van der Waals surface area contributed by atoms with Crippen LogP contribution in [0.2, 0.25) is 0 Å². The molecule has 1 aromatic carbocycles. The number of thioether (sulfide) groups is 1. The normalized spacial score (nSPS) is 22.9. The molecular formula is C19H23NO5S3. The van der Waals surface area contributed by atoms with Crippen molar-refractivity contribution in [3.8, 4) is 11.5 Å². The van der Waals surface area contributed by atoms with Crippen LogP contribution in [-0.2, 0) is 14.6 Å². The van der Waals surface area contributed by atoms with Crippen molar-refractivity contribution in [2.45, 2.75) is 32.7 Å². The number of nitrogens with zero attached hydrogens (tertiary/aromatic N) is 1. The van der Waals surface area contributed by atoms with Crippen LogP contribution in [0.25, 0.3) is 6.08 Å². The topological polar surface area (TPSA) is 72.9 Å². The van der Waals surface area contributed by atoms with Gasteiger partial charge in [0.2, 0.25) is 0 Å². The number of thiocarbonyl (C=S) groups is 1. The summed E-state index contributed by atoms with van der Waals surface area (Å²) in [5, 5.41) is 0. The zero-order chi connectivity index (χ0) is 20.3. The lowest BCUT2D eigenvalue weighted by molar-refractivity contribution is -0.123. The molecule has 0 saturated carbocycles. The highest BCUT2D eigenvalue weighted by molar-refractivity contribution is 8.26. The zero-order valence-electron chi connectivity index (χ0n) is 15.8. The summed E-state index contributed by atoms with van der Waals surface area (Å²) in [7, 11) is -3.09. The second kappa shape index (κ2) is 8.84. The number of carbonyl (C=O) groups is 1. The zero-order valence-corrected chi connectivity index (χ0v) is 18.3. The van der Waals surface area contributed by atoms with Crippen LogP contribution >= 0.6 is 24.0 Å². The van der Waals surface area contributed by atoms with E-state index in [-0.39, 0.29) is 23.5 Å². The first-order chi connectivity index (χ1) is 13.3. The molecule has 9 heteroatoms. The Hall–Kier alpha value is -1.58. The SMILES string of the molecule is CCCOc1ccc(/C=C2/SC(=S)N([C@@H]3CCS(=O)(=O)C3)C2=O)cc1OCC. The standard InChI is InChI=1S/C19H23NO5S3/c1-3-8-25-15-6-5-13(10-16(15)24-4-2)11-17-18(21)20(19(26)27-17)14-7-9-28(22,23)12-14/h5-6,10-11,14H,3-4,7-9,12H2,1-2H3/b17-11+/t14-/m1/s1. The van der Waals surface area contributed by atoms with Crippen LogP contribution in [0, 0.1) is 0 Å². The Morgan fingerprint density at radius 2 is 2.07 bits per heavy atom. The number of ether oxygens (including phenoxy) is 2. The number of rotatable bonds is 7. The van der Waals surface area contributed by atoms with E-state index in [2.05, 4.69) is 0 Å². The van der Waals surface area contributed by atoms with Gasteiger partial charge >= 0.3 is 0 Å². The summed E-state index contributed by atoms with van der Waals surface area (Å²) in [6, 6.07) is 5.16. The molecule has 3 rings (SSSR count). The molecule has 0 bridgehead atoms. The van der Waals surface area contributed by atoms with Crippen molar-refractivity contribution in [3.05, 3.63) is 28.7 Å². The van der Waals surface area contributed by atoms with E-state index in [9.17, 15) is 13.2 Å². The number of carbonyl (C=O) groups excluding carboxylic acids is 1. The number of hydrogen-bond donors (Lipinski definition) is 0. The van der Waals surface area contributed by atoms with Crippen molar-refractivity contribution < 1.29 is 22.7 Å². The van der Waals surface area contributed by atoms with Crippen molar-refractivity contribution in [1.82, 2.24) is 4.90 Å². The van der Waals surface area contributed by atoms with Crippen molar-refractivity contribution in [2.75, 3.05) is 24.7 Å². The van der Waals surface area contributed by atoms with Crippen LogP contribution < -0.4 is 9.47 Å². The lowest BCUT2D eigenvalue weighted by Gasteiger charge is -2.20. The van der Waals surface area contributed by atoms with E-state index < -0.39 is 9.84 Å². The molecule has 0 spiro atoms. The van der Waals surface area contributed by atoms with Gasteiger partial charge in [0.25, 0.3) is 5.91 Å². The van der Waals surface area contributed by atoms with Gasteiger partial charge in [-0.1, -0.05) is 37.0 Å². The van der Waals surface area contributed by atoms with Gasteiger partial charge in [-0.3, -0.25) is 9.69 Å². The van der Waals surface area contributed by atoms with E-state index >= 15 is 0 Å².